The molecule has 31 heavy (non-hydrogen) atoms. The first-order chi connectivity index (χ1) is 14.7. The lowest BCUT2D eigenvalue weighted by molar-refractivity contribution is -0.129. The van der Waals surface area contributed by atoms with Crippen molar-refractivity contribution in [2.75, 3.05) is 32.6 Å². The number of carbonyl (C=O) groups excluding carboxylic acids is 2. The van der Waals surface area contributed by atoms with Crippen LogP contribution in [0.4, 0.5) is 5.82 Å². The van der Waals surface area contributed by atoms with E-state index in [9.17, 15) is 9.59 Å². The lowest BCUT2D eigenvalue weighted by atomic mass is 10.0. The number of hydrogen-bond donors (Lipinski definition) is 0. The van der Waals surface area contributed by atoms with Crippen molar-refractivity contribution in [1.82, 2.24) is 24.9 Å². The molecule has 1 aliphatic heterocycles. The Morgan fingerprint density at radius 2 is 1.94 bits per heavy atom. The van der Waals surface area contributed by atoms with Crippen LogP contribution in [0.5, 0.6) is 0 Å². The van der Waals surface area contributed by atoms with Gasteiger partial charge < -0.3 is 19.2 Å². The van der Waals surface area contributed by atoms with Gasteiger partial charge in [0.05, 0.1) is 12.2 Å². The first kappa shape index (κ1) is 21.3. The molecule has 1 saturated carbocycles. The van der Waals surface area contributed by atoms with E-state index in [2.05, 4.69) is 10.1 Å². The minimum absolute atomic E-state index is 0.0213. The molecule has 0 N–H and O–H groups in total. The fourth-order valence-electron chi connectivity index (χ4n) is 3.87. The molecule has 9 heteroatoms. The van der Waals surface area contributed by atoms with Crippen LogP contribution in [0, 0.1) is 0 Å². The summed E-state index contributed by atoms with van der Waals surface area (Å²) in [5, 5.41) is 3.94. The van der Waals surface area contributed by atoms with Gasteiger partial charge in [0.25, 0.3) is 5.91 Å². The number of hydrogen-bond acceptors (Lipinski definition) is 7. The molecule has 3 heterocycles. The Hall–Kier alpha value is -2.97. The van der Waals surface area contributed by atoms with E-state index in [0.29, 0.717) is 30.4 Å². The number of carbonyl (C=O) groups is 2. The van der Waals surface area contributed by atoms with Crippen molar-refractivity contribution in [3.63, 3.8) is 0 Å². The van der Waals surface area contributed by atoms with E-state index >= 15 is 0 Å². The highest BCUT2D eigenvalue weighted by Gasteiger charge is 2.34. The number of rotatable bonds is 7. The summed E-state index contributed by atoms with van der Waals surface area (Å²) in [4.78, 5) is 39.9. The van der Waals surface area contributed by atoms with Crippen molar-refractivity contribution in [2.45, 2.75) is 57.5 Å². The van der Waals surface area contributed by atoms with Gasteiger partial charge in [-0.05, 0) is 26.7 Å². The van der Waals surface area contributed by atoms with Crippen LogP contribution in [0.15, 0.2) is 16.7 Å². The molecule has 1 atom stereocenters. The quantitative estimate of drug-likeness (QED) is 0.671. The molecular formula is C22H30N6O3. The molecule has 4 rings (SSSR count). The summed E-state index contributed by atoms with van der Waals surface area (Å²) < 4.78 is 5.31. The van der Waals surface area contributed by atoms with Gasteiger partial charge >= 0.3 is 0 Å². The first-order valence-corrected chi connectivity index (χ1v) is 10.8. The largest absolute Gasteiger partial charge is 0.363 e. The van der Waals surface area contributed by atoms with Gasteiger partial charge in [0.2, 0.25) is 5.91 Å². The summed E-state index contributed by atoms with van der Waals surface area (Å²) in [6, 6.07) is 3.84. The van der Waals surface area contributed by atoms with Crippen LogP contribution in [-0.2, 0) is 11.3 Å². The van der Waals surface area contributed by atoms with E-state index in [1.807, 2.05) is 43.8 Å². The minimum Gasteiger partial charge on any atom is -0.363 e. The molecule has 2 fully saturated rings. The minimum atomic E-state index is -0.224. The van der Waals surface area contributed by atoms with Gasteiger partial charge in [-0.25, -0.2) is 9.97 Å². The third-order valence-corrected chi connectivity index (χ3v) is 5.89. The smallest absolute Gasteiger partial charge is 0.276 e. The summed E-state index contributed by atoms with van der Waals surface area (Å²) in [7, 11) is 5.54. The highest BCUT2D eigenvalue weighted by atomic mass is 16.5. The van der Waals surface area contributed by atoms with Crippen molar-refractivity contribution in [3.05, 3.63) is 35.1 Å². The van der Waals surface area contributed by atoms with Gasteiger partial charge in [-0.2, -0.15) is 0 Å². The fourth-order valence-corrected chi connectivity index (χ4v) is 3.87. The number of amides is 2. The van der Waals surface area contributed by atoms with Crippen molar-refractivity contribution < 1.29 is 14.1 Å². The molecule has 1 unspecified atom stereocenters. The molecule has 0 radical (unpaired) electrons. The maximum absolute atomic E-state index is 12.8. The zero-order valence-electron chi connectivity index (χ0n) is 18.8. The predicted octanol–water partition coefficient (Wildman–Crippen LogP) is 2.40. The van der Waals surface area contributed by atoms with Gasteiger partial charge in [0.15, 0.2) is 5.69 Å². The van der Waals surface area contributed by atoms with Gasteiger partial charge in [0, 0.05) is 64.1 Å². The Morgan fingerprint density at radius 3 is 2.55 bits per heavy atom. The molecule has 9 nitrogen and oxygen atoms in total. The Bertz CT molecular complexity index is 981. The molecule has 0 aromatic carbocycles. The Balaban J connectivity index is 1.53. The van der Waals surface area contributed by atoms with E-state index in [-0.39, 0.29) is 30.3 Å². The monoisotopic (exact) mass is 426 g/mol. The Labute approximate surface area is 182 Å². The maximum atomic E-state index is 12.8. The summed E-state index contributed by atoms with van der Waals surface area (Å²) in [5.74, 6) is 2.43. The number of nitrogens with zero attached hydrogens (tertiary/aromatic N) is 6. The summed E-state index contributed by atoms with van der Waals surface area (Å²) in [6.07, 6.45) is 2.62. The second-order valence-corrected chi connectivity index (χ2v) is 9.05. The predicted molar refractivity (Wildman–Crippen MR) is 115 cm³/mol. The van der Waals surface area contributed by atoms with E-state index < -0.39 is 0 Å². The molecule has 2 aromatic rings. The van der Waals surface area contributed by atoms with Crippen LogP contribution in [0.3, 0.4) is 0 Å². The lowest BCUT2D eigenvalue weighted by Crippen LogP contribution is -2.32. The normalized spacial score (nSPS) is 18.7. The SMILES string of the molecule is CC(C)N1CC(c2cc(N(C)C)nc(CN(C)C(=O)c3cc(C4CC4)on3)n2)CC1=O. The van der Waals surface area contributed by atoms with Crippen molar-refractivity contribution >= 4 is 17.6 Å². The zero-order valence-corrected chi connectivity index (χ0v) is 18.8. The third-order valence-electron chi connectivity index (χ3n) is 5.89. The molecule has 2 amide bonds. The molecule has 2 aliphatic rings. The van der Waals surface area contributed by atoms with Crippen LogP contribution >= 0.6 is 0 Å². The Morgan fingerprint density at radius 1 is 1.19 bits per heavy atom. The van der Waals surface area contributed by atoms with Crippen molar-refractivity contribution in [2.24, 2.45) is 0 Å². The maximum Gasteiger partial charge on any atom is 0.276 e. The Kier molecular flexibility index (Phi) is 5.68. The standard InChI is InChI=1S/C22H30N6O3/c1-13(2)28-11-15(8-21(28)29)16-10-20(26(3)4)24-19(23-16)12-27(5)22(30)17-9-18(31-25-17)14-6-7-14/h9-10,13-15H,6-8,11-12H2,1-5H3. The summed E-state index contributed by atoms with van der Waals surface area (Å²) in [5.41, 5.74) is 1.14. The van der Waals surface area contributed by atoms with Crippen molar-refractivity contribution in [1.29, 1.82) is 0 Å². The van der Waals surface area contributed by atoms with Gasteiger partial charge in [-0.1, -0.05) is 5.16 Å². The second-order valence-electron chi connectivity index (χ2n) is 9.05. The zero-order chi connectivity index (χ0) is 22.3. The van der Waals surface area contributed by atoms with Crippen LogP contribution < -0.4 is 4.90 Å². The molecule has 2 aromatic heterocycles. The molecule has 166 valence electrons. The van der Waals surface area contributed by atoms with Crippen molar-refractivity contribution in [3.8, 4) is 0 Å². The first-order valence-electron chi connectivity index (χ1n) is 10.8. The van der Waals surface area contributed by atoms with E-state index in [4.69, 9.17) is 9.51 Å². The average Bonchev–Trinajstić information content (AvgIpc) is 3.31. The summed E-state index contributed by atoms with van der Waals surface area (Å²) in [6.45, 7) is 4.94. The number of anilines is 1. The highest BCUT2D eigenvalue weighted by molar-refractivity contribution is 5.92. The van der Waals surface area contributed by atoms with Crippen LogP contribution in [0.1, 0.15) is 72.7 Å². The van der Waals surface area contributed by atoms with Crippen LogP contribution in [-0.4, -0.2) is 70.5 Å². The second kappa shape index (κ2) is 8.28. The van der Waals surface area contributed by atoms with Gasteiger partial charge in [-0.15, -0.1) is 0 Å². The van der Waals surface area contributed by atoms with Crippen LogP contribution in [0.25, 0.3) is 0 Å². The van der Waals surface area contributed by atoms with E-state index in [1.165, 1.54) is 0 Å². The van der Waals surface area contributed by atoms with E-state index in [0.717, 1.165) is 30.1 Å². The topological polar surface area (TPSA) is 95.7 Å². The lowest BCUT2D eigenvalue weighted by Gasteiger charge is -2.22. The molecule has 1 aliphatic carbocycles. The molecular weight excluding hydrogens is 396 g/mol. The number of likely N-dealkylation sites (tertiary alicyclic amines) is 1. The van der Waals surface area contributed by atoms with Gasteiger partial charge in [-0.3, -0.25) is 9.59 Å². The van der Waals surface area contributed by atoms with Gasteiger partial charge in [0.1, 0.15) is 17.4 Å². The highest BCUT2D eigenvalue weighted by Crippen LogP contribution is 2.40. The fraction of sp³-hybridized carbons (Fsp3) is 0.591. The summed E-state index contributed by atoms with van der Waals surface area (Å²) >= 11 is 0. The molecule has 0 bridgehead atoms. The third kappa shape index (κ3) is 4.55. The average molecular weight is 427 g/mol. The molecule has 0 spiro atoms. The van der Waals surface area contributed by atoms with E-state index in [1.54, 1.807) is 18.0 Å². The number of aromatic nitrogens is 3. The molecule has 1 saturated heterocycles. The van der Waals surface area contributed by atoms with Crippen LogP contribution in [0.2, 0.25) is 0 Å².